The van der Waals surface area contributed by atoms with Crippen LogP contribution in [0.5, 0.6) is 0 Å². The molecule has 20 heavy (non-hydrogen) atoms. The molecule has 0 aliphatic carbocycles. The minimum atomic E-state index is -0.295. The fraction of sp³-hybridized carbons (Fsp3) is 0.867. The van der Waals surface area contributed by atoms with Crippen molar-refractivity contribution in [1.29, 1.82) is 0 Å². The molecule has 5 heteroatoms. The minimum absolute atomic E-state index is 0.153. The van der Waals surface area contributed by atoms with Gasteiger partial charge in [0, 0.05) is 12.8 Å². The molecule has 1 saturated heterocycles. The van der Waals surface area contributed by atoms with E-state index < -0.39 is 0 Å². The Kier molecular flexibility index (Phi) is 5.57. The van der Waals surface area contributed by atoms with Gasteiger partial charge < -0.3 is 9.57 Å². The summed E-state index contributed by atoms with van der Waals surface area (Å²) < 4.78 is 4.55. The molecule has 1 heterocycles. The first kappa shape index (κ1) is 17.0. The van der Waals surface area contributed by atoms with E-state index in [4.69, 9.17) is 4.84 Å². The van der Waals surface area contributed by atoms with Crippen LogP contribution in [0.15, 0.2) is 0 Å². The van der Waals surface area contributed by atoms with Gasteiger partial charge in [0.15, 0.2) is 0 Å². The van der Waals surface area contributed by atoms with E-state index in [1.165, 1.54) is 7.11 Å². The van der Waals surface area contributed by atoms with Gasteiger partial charge in [-0.3, -0.25) is 9.59 Å². The highest BCUT2D eigenvalue weighted by molar-refractivity contribution is 5.72. The number of ether oxygens (including phenoxy) is 1. The maximum Gasteiger partial charge on any atom is 0.325 e. The van der Waals surface area contributed by atoms with Gasteiger partial charge in [0.05, 0.1) is 18.2 Å². The Morgan fingerprint density at radius 3 is 2.00 bits per heavy atom. The molecular weight excluding hydrogens is 258 g/mol. The molecule has 1 rings (SSSR count). The van der Waals surface area contributed by atoms with Crippen molar-refractivity contribution in [2.45, 2.75) is 77.3 Å². The van der Waals surface area contributed by atoms with E-state index >= 15 is 0 Å². The van der Waals surface area contributed by atoms with Gasteiger partial charge in [-0.1, -0.05) is 0 Å². The van der Waals surface area contributed by atoms with Crippen LogP contribution in [0.4, 0.5) is 0 Å². The van der Waals surface area contributed by atoms with Crippen LogP contribution in [0.2, 0.25) is 0 Å². The Bertz CT molecular complexity index is 347. The quantitative estimate of drug-likeness (QED) is 0.727. The number of carbonyl (C=O) groups excluding carboxylic acids is 2. The van der Waals surface area contributed by atoms with Crippen molar-refractivity contribution in [3.63, 3.8) is 0 Å². The van der Waals surface area contributed by atoms with Crippen molar-refractivity contribution in [3.05, 3.63) is 0 Å². The second-order valence-electron chi connectivity index (χ2n) is 6.67. The molecule has 1 aliphatic rings. The molecule has 0 atom stereocenters. The molecule has 0 bridgehead atoms. The summed E-state index contributed by atoms with van der Waals surface area (Å²) in [6.45, 7) is 8.37. The van der Waals surface area contributed by atoms with E-state index in [-0.39, 0.29) is 35.9 Å². The van der Waals surface area contributed by atoms with Crippen LogP contribution in [0.1, 0.15) is 66.2 Å². The fourth-order valence-electron chi connectivity index (χ4n) is 2.85. The van der Waals surface area contributed by atoms with Crippen LogP contribution in [-0.4, -0.2) is 35.2 Å². The largest absolute Gasteiger partial charge is 0.469 e. The van der Waals surface area contributed by atoms with Gasteiger partial charge in [-0.25, -0.2) is 0 Å². The van der Waals surface area contributed by atoms with E-state index in [1.54, 1.807) is 0 Å². The van der Waals surface area contributed by atoms with Gasteiger partial charge in [0.25, 0.3) is 0 Å². The SMILES string of the molecule is COC(=O)CCCC(=O)ON1C(C)(C)CCCC1(C)C. The second kappa shape index (κ2) is 6.57. The summed E-state index contributed by atoms with van der Waals surface area (Å²) in [5.74, 6) is -0.576. The van der Waals surface area contributed by atoms with Crippen LogP contribution < -0.4 is 0 Å². The maximum atomic E-state index is 11.9. The van der Waals surface area contributed by atoms with Crippen LogP contribution in [0.25, 0.3) is 0 Å². The van der Waals surface area contributed by atoms with Crippen LogP contribution in [0, 0.1) is 0 Å². The summed E-state index contributed by atoms with van der Waals surface area (Å²) in [4.78, 5) is 28.5. The number of hydrogen-bond acceptors (Lipinski definition) is 5. The predicted octanol–water partition coefficient (Wildman–Crippen LogP) is 2.83. The molecule has 0 aromatic carbocycles. The zero-order chi connectivity index (χ0) is 15.4. The van der Waals surface area contributed by atoms with Crippen molar-refractivity contribution in [2.24, 2.45) is 0 Å². The molecule has 0 spiro atoms. The lowest BCUT2D eigenvalue weighted by molar-refractivity contribution is -0.265. The normalized spacial score (nSPS) is 21.2. The molecular formula is C15H27NO4. The standard InChI is InChI=1S/C15H27NO4/c1-14(2)10-7-11-15(3,4)16(14)20-13(18)9-6-8-12(17)19-5/h6-11H2,1-5H3. The highest BCUT2D eigenvalue weighted by Gasteiger charge is 2.44. The first-order valence-electron chi connectivity index (χ1n) is 7.27. The number of hydrogen-bond donors (Lipinski definition) is 0. The molecule has 1 fully saturated rings. The molecule has 0 aromatic heterocycles. The number of hydroxylamine groups is 2. The number of carbonyl (C=O) groups is 2. The van der Waals surface area contributed by atoms with Gasteiger partial charge in [-0.05, 0) is 53.4 Å². The first-order chi connectivity index (χ1) is 9.19. The Labute approximate surface area is 121 Å². The zero-order valence-corrected chi connectivity index (χ0v) is 13.3. The molecule has 5 nitrogen and oxygen atoms in total. The van der Waals surface area contributed by atoms with E-state index in [0.29, 0.717) is 6.42 Å². The van der Waals surface area contributed by atoms with E-state index in [2.05, 4.69) is 32.4 Å². The third kappa shape index (κ3) is 4.47. The van der Waals surface area contributed by atoms with Gasteiger partial charge in [-0.2, -0.15) is 0 Å². The Hall–Kier alpha value is -1.10. The zero-order valence-electron chi connectivity index (χ0n) is 13.3. The highest BCUT2D eigenvalue weighted by Crippen LogP contribution is 2.38. The smallest absolute Gasteiger partial charge is 0.325 e. The monoisotopic (exact) mass is 285 g/mol. The summed E-state index contributed by atoms with van der Waals surface area (Å²) in [6, 6.07) is 0. The molecule has 0 radical (unpaired) electrons. The molecule has 116 valence electrons. The molecule has 0 N–H and O–H groups in total. The lowest BCUT2D eigenvalue weighted by Gasteiger charge is -2.50. The van der Waals surface area contributed by atoms with Crippen molar-refractivity contribution in [3.8, 4) is 0 Å². The Balaban J connectivity index is 2.52. The van der Waals surface area contributed by atoms with Crippen molar-refractivity contribution in [1.82, 2.24) is 5.06 Å². The summed E-state index contributed by atoms with van der Waals surface area (Å²) in [6.07, 6.45) is 4.09. The van der Waals surface area contributed by atoms with Crippen LogP contribution in [-0.2, 0) is 19.2 Å². The van der Waals surface area contributed by atoms with Crippen LogP contribution in [0.3, 0.4) is 0 Å². The van der Waals surface area contributed by atoms with E-state index in [0.717, 1.165) is 19.3 Å². The fourth-order valence-corrected chi connectivity index (χ4v) is 2.85. The topological polar surface area (TPSA) is 55.8 Å². The second-order valence-corrected chi connectivity index (χ2v) is 6.67. The summed E-state index contributed by atoms with van der Waals surface area (Å²) >= 11 is 0. The summed E-state index contributed by atoms with van der Waals surface area (Å²) in [7, 11) is 1.35. The third-order valence-electron chi connectivity index (χ3n) is 3.86. The average molecular weight is 285 g/mol. The molecule has 0 amide bonds. The maximum absolute atomic E-state index is 11.9. The van der Waals surface area contributed by atoms with Crippen molar-refractivity contribution < 1.29 is 19.2 Å². The van der Waals surface area contributed by atoms with Gasteiger partial charge >= 0.3 is 11.9 Å². The van der Waals surface area contributed by atoms with Crippen LogP contribution >= 0.6 is 0 Å². The lowest BCUT2D eigenvalue weighted by Crippen LogP contribution is -2.58. The highest BCUT2D eigenvalue weighted by atomic mass is 16.7. The van der Waals surface area contributed by atoms with Crippen molar-refractivity contribution >= 4 is 11.9 Å². The number of piperidine rings is 1. The molecule has 0 unspecified atom stereocenters. The Morgan fingerprint density at radius 1 is 1.00 bits per heavy atom. The third-order valence-corrected chi connectivity index (χ3v) is 3.86. The molecule has 0 saturated carbocycles. The van der Waals surface area contributed by atoms with Gasteiger partial charge in [0.1, 0.15) is 0 Å². The average Bonchev–Trinajstić information content (AvgIpc) is 2.33. The minimum Gasteiger partial charge on any atom is -0.469 e. The lowest BCUT2D eigenvalue weighted by atomic mass is 9.82. The van der Waals surface area contributed by atoms with Gasteiger partial charge in [-0.15, -0.1) is 5.06 Å². The number of rotatable bonds is 5. The number of nitrogens with zero attached hydrogens (tertiary/aromatic N) is 1. The summed E-state index contributed by atoms with van der Waals surface area (Å²) in [5, 5.41) is 1.84. The molecule has 1 aliphatic heterocycles. The predicted molar refractivity (Wildman–Crippen MR) is 75.8 cm³/mol. The van der Waals surface area contributed by atoms with E-state index in [9.17, 15) is 9.59 Å². The number of esters is 1. The Morgan fingerprint density at radius 2 is 1.50 bits per heavy atom. The summed E-state index contributed by atoms with van der Waals surface area (Å²) in [5.41, 5.74) is -0.306. The number of methoxy groups -OCH3 is 1. The molecule has 0 aromatic rings. The van der Waals surface area contributed by atoms with Crippen molar-refractivity contribution in [2.75, 3.05) is 7.11 Å². The van der Waals surface area contributed by atoms with Gasteiger partial charge in [0.2, 0.25) is 0 Å². The first-order valence-corrected chi connectivity index (χ1v) is 7.27. The van der Waals surface area contributed by atoms with E-state index in [1.807, 2.05) is 5.06 Å².